The van der Waals surface area contributed by atoms with Gasteiger partial charge in [-0.25, -0.2) is 9.67 Å². The van der Waals surface area contributed by atoms with Crippen molar-refractivity contribution < 1.29 is 4.79 Å². The number of benzene rings is 1. The number of carbonyl (C=O) groups is 1. The maximum Gasteiger partial charge on any atom is 0.248 e. The summed E-state index contributed by atoms with van der Waals surface area (Å²) >= 11 is 5.87. The van der Waals surface area contributed by atoms with Crippen LogP contribution >= 0.6 is 11.6 Å². The number of rotatable bonds is 5. The fourth-order valence-electron chi connectivity index (χ4n) is 2.97. The number of amides is 1. The van der Waals surface area contributed by atoms with E-state index >= 15 is 0 Å². The van der Waals surface area contributed by atoms with Gasteiger partial charge in [-0.2, -0.15) is 0 Å². The molecule has 2 atom stereocenters. The average molecular weight is 317 g/mol. The molecule has 1 aromatic carbocycles. The SMILES string of the molecule is O=C(Nc1ncn(Cc2ccc(Cl)cc2)n1)C1CC1C1CC1. The molecule has 0 spiro atoms. The van der Waals surface area contributed by atoms with Crippen molar-refractivity contribution in [3.8, 4) is 0 Å². The number of nitrogens with one attached hydrogen (secondary N) is 1. The number of hydrogen-bond acceptors (Lipinski definition) is 3. The van der Waals surface area contributed by atoms with E-state index in [-0.39, 0.29) is 11.8 Å². The molecule has 22 heavy (non-hydrogen) atoms. The Labute approximate surface area is 133 Å². The molecule has 114 valence electrons. The van der Waals surface area contributed by atoms with Crippen LogP contribution in [0.1, 0.15) is 24.8 Å². The van der Waals surface area contributed by atoms with Crippen molar-refractivity contribution in [3.63, 3.8) is 0 Å². The molecule has 6 heteroatoms. The van der Waals surface area contributed by atoms with Gasteiger partial charge in [0.2, 0.25) is 11.9 Å². The molecule has 2 aliphatic carbocycles. The minimum Gasteiger partial charge on any atom is -0.293 e. The maximum atomic E-state index is 12.1. The summed E-state index contributed by atoms with van der Waals surface area (Å²) in [5.41, 5.74) is 1.09. The van der Waals surface area contributed by atoms with Crippen molar-refractivity contribution in [2.45, 2.75) is 25.8 Å². The summed E-state index contributed by atoms with van der Waals surface area (Å²) in [6, 6.07) is 7.60. The molecular formula is C16H17ClN4O. The predicted octanol–water partition coefficient (Wildman–Crippen LogP) is 2.96. The van der Waals surface area contributed by atoms with Crippen LogP contribution < -0.4 is 5.32 Å². The lowest BCUT2D eigenvalue weighted by molar-refractivity contribution is -0.117. The van der Waals surface area contributed by atoms with Crippen molar-refractivity contribution >= 4 is 23.5 Å². The van der Waals surface area contributed by atoms with E-state index in [0.717, 1.165) is 17.9 Å². The minimum absolute atomic E-state index is 0.0705. The Kier molecular flexibility index (Phi) is 3.37. The summed E-state index contributed by atoms with van der Waals surface area (Å²) in [5.74, 6) is 2.04. The van der Waals surface area contributed by atoms with E-state index in [0.29, 0.717) is 23.4 Å². The summed E-state index contributed by atoms with van der Waals surface area (Å²) in [4.78, 5) is 16.3. The van der Waals surface area contributed by atoms with Gasteiger partial charge in [-0.05, 0) is 48.8 Å². The highest BCUT2D eigenvalue weighted by molar-refractivity contribution is 6.30. The van der Waals surface area contributed by atoms with Crippen LogP contribution in [0.4, 0.5) is 5.95 Å². The molecule has 0 radical (unpaired) electrons. The van der Waals surface area contributed by atoms with Gasteiger partial charge >= 0.3 is 0 Å². The van der Waals surface area contributed by atoms with Gasteiger partial charge in [0.1, 0.15) is 6.33 Å². The van der Waals surface area contributed by atoms with Gasteiger partial charge in [-0.1, -0.05) is 23.7 Å². The Hall–Kier alpha value is -1.88. The molecule has 1 heterocycles. The number of halogens is 1. The smallest absolute Gasteiger partial charge is 0.248 e. The normalized spacial score (nSPS) is 23.3. The molecule has 1 amide bonds. The Balaban J connectivity index is 1.35. The first-order valence-corrected chi connectivity index (χ1v) is 8.01. The van der Waals surface area contributed by atoms with E-state index in [1.165, 1.54) is 12.8 Å². The molecule has 0 aliphatic heterocycles. The fraction of sp³-hybridized carbons (Fsp3) is 0.438. The topological polar surface area (TPSA) is 59.8 Å². The average Bonchev–Trinajstić information content (AvgIpc) is 3.39. The van der Waals surface area contributed by atoms with Crippen LogP contribution in [0.2, 0.25) is 5.02 Å². The third kappa shape index (κ3) is 2.99. The first-order chi connectivity index (χ1) is 10.7. The van der Waals surface area contributed by atoms with Gasteiger partial charge in [-0.15, -0.1) is 5.10 Å². The van der Waals surface area contributed by atoms with E-state index in [4.69, 9.17) is 11.6 Å². The van der Waals surface area contributed by atoms with Crippen molar-refractivity contribution in [2.75, 3.05) is 5.32 Å². The number of aromatic nitrogens is 3. The highest BCUT2D eigenvalue weighted by atomic mass is 35.5. The van der Waals surface area contributed by atoms with Gasteiger partial charge in [-0.3, -0.25) is 10.1 Å². The maximum absolute atomic E-state index is 12.1. The van der Waals surface area contributed by atoms with E-state index in [1.807, 2.05) is 24.3 Å². The molecule has 1 N–H and O–H groups in total. The van der Waals surface area contributed by atoms with Crippen LogP contribution in [0, 0.1) is 17.8 Å². The lowest BCUT2D eigenvalue weighted by atomic mass is 10.2. The van der Waals surface area contributed by atoms with Crippen molar-refractivity contribution in [1.29, 1.82) is 0 Å². The minimum atomic E-state index is 0.0705. The quantitative estimate of drug-likeness (QED) is 0.922. The van der Waals surface area contributed by atoms with E-state index < -0.39 is 0 Å². The molecule has 0 bridgehead atoms. The summed E-state index contributed by atoms with van der Waals surface area (Å²) in [5, 5.41) is 7.85. The van der Waals surface area contributed by atoms with Gasteiger partial charge in [0.15, 0.2) is 0 Å². The number of carbonyl (C=O) groups excluding carboxylic acids is 1. The number of nitrogens with zero attached hydrogens (tertiary/aromatic N) is 3. The standard InChI is InChI=1S/C16H17ClN4O/c17-12-5-1-10(2-6-12)8-21-9-18-16(20-21)19-15(22)14-7-13(14)11-3-4-11/h1-2,5-6,9,11,13-14H,3-4,7-8H2,(H,19,20,22). The van der Waals surface area contributed by atoms with Crippen LogP contribution in [0.3, 0.4) is 0 Å². The Morgan fingerprint density at radius 2 is 2.09 bits per heavy atom. The van der Waals surface area contributed by atoms with Crippen molar-refractivity contribution in [3.05, 3.63) is 41.2 Å². The first-order valence-electron chi connectivity index (χ1n) is 7.64. The molecule has 2 unspecified atom stereocenters. The summed E-state index contributed by atoms with van der Waals surface area (Å²) in [7, 11) is 0. The van der Waals surface area contributed by atoms with Gasteiger partial charge in [0.25, 0.3) is 0 Å². The fourth-order valence-corrected chi connectivity index (χ4v) is 3.10. The molecule has 5 nitrogen and oxygen atoms in total. The highest BCUT2D eigenvalue weighted by Gasteiger charge is 2.51. The lowest BCUT2D eigenvalue weighted by Gasteiger charge is -2.01. The Morgan fingerprint density at radius 3 is 2.82 bits per heavy atom. The van der Waals surface area contributed by atoms with E-state index in [9.17, 15) is 4.79 Å². The van der Waals surface area contributed by atoms with E-state index in [2.05, 4.69) is 15.4 Å². The zero-order valence-corrected chi connectivity index (χ0v) is 12.8. The second-order valence-corrected chi connectivity index (χ2v) is 6.66. The van der Waals surface area contributed by atoms with Crippen molar-refractivity contribution in [2.24, 2.45) is 17.8 Å². The second-order valence-electron chi connectivity index (χ2n) is 6.22. The zero-order chi connectivity index (χ0) is 15.1. The third-order valence-corrected chi connectivity index (χ3v) is 4.69. The molecular weight excluding hydrogens is 300 g/mol. The first kappa shape index (κ1) is 13.8. The molecule has 2 aromatic rings. The van der Waals surface area contributed by atoms with Gasteiger partial charge < -0.3 is 0 Å². The second kappa shape index (κ2) is 5.39. The largest absolute Gasteiger partial charge is 0.293 e. The highest BCUT2D eigenvalue weighted by Crippen LogP contribution is 2.54. The lowest BCUT2D eigenvalue weighted by Crippen LogP contribution is -2.16. The third-order valence-electron chi connectivity index (χ3n) is 4.43. The van der Waals surface area contributed by atoms with Crippen LogP contribution in [-0.2, 0) is 11.3 Å². The Morgan fingerprint density at radius 1 is 1.32 bits per heavy atom. The summed E-state index contributed by atoms with van der Waals surface area (Å²) in [6.45, 7) is 0.605. The van der Waals surface area contributed by atoms with Crippen LogP contribution in [0.25, 0.3) is 0 Å². The van der Waals surface area contributed by atoms with Gasteiger partial charge in [0, 0.05) is 10.9 Å². The molecule has 2 saturated carbocycles. The summed E-state index contributed by atoms with van der Waals surface area (Å²) in [6.07, 6.45) is 5.25. The molecule has 2 aliphatic rings. The van der Waals surface area contributed by atoms with Gasteiger partial charge in [0.05, 0.1) is 6.54 Å². The van der Waals surface area contributed by atoms with Crippen LogP contribution in [-0.4, -0.2) is 20.7 Å². The number of hydrogen-bond donors (Lipinski definition) is 1. The predicted molar refractivity (Wildman–Crippen MR) is 83.5 cm³/mol. The molecule has 4 rings (SSSR count). The number of anilines is 1. The van der Waals surface area contributed by atoms with Crippen LogP contribution in [0.15, 0.2) is 30.6 Å². The zero-order valence-electron chi connectivity index (χ0n) is 12.1. The Bertz CT molecular complexity index is 692. The summed E-state index contributed by atoms with van der Waals surface area (Å²) < 4.78 is 1.71. The molecule has 2 fully saturated rings. The molecule has 1 aromatic heterocycles. The molecule has 0 saturated heterocycles. The monoisotopic (exact) mass is 316 g/mol. The van der Waals surface area contributed by atoms with E-state index in [1.54, 1.807) is 11.0 Å². The van der Waals surface area contributed by atoms with Crippen molar-refractivity contribution in [1.82, 2.24) is 14.8 Å². The van der Waals surface area contributed by atoms with Crippen LogP contribution in [0.5, 0.6) is 0 Å².